The summed E-state index contributed by atoms with van der Waals surface area (Å²) in [6, 6.07) is 8.34. The molecule has 8 heteroatoms. The zero-order chi connectivity index (χ0) is 21.6. The van der Waals surface area contributed by atoms with Crippen LogP contribution in [0.15, 0.2) is 46.4 Å². The first kappa shape index (κ1) is 22.9. The van der Waals surface area contributed by atoms with Crippen molar-refractivity contribution in [2.75, 3.05) is 19.8 Å². The molecule has 1 N–H and O–H groups in total. The van der Waals surface area contributed by atoms with Crippen LogP contribution >= 0.6 is 0 Å². The lowest BCUT2D eigenvalue weighted by atomic mass is 10.1. The van der Waals surface area contributed by atoms with Gasteiger partial charge in [-0.15, -0.1) is 0 Å². The van der Waals surface area contributed by atoms with E-state index in [4.69, 9.17) is 0 Å². The summed E-state index contributed by atoms with van der Waals surface area (Å²) in [4.78, 5) is 6.71. The Morgan fingerprint density at radius 2 is 1.93 bits per heavy atom. The van der Waals surface area contributed by atoms with E-state index in [0.29, 0.717) is 29.7 Å². The van der Waals surface area contributed by atoms with E-state index < -0.39 is 9.84 Å². The first-order valence-corrected chi connectivity index (χ1v) is 11.6. The summed E-state index contributed by atoms with van der Waals surface area (Å²) in [5.41, 5.74) is 2.20. The van der Waals surface area contributed by atoms with Crippen LogP contribution in [0.2, 0.25) is 0 Å². The van der Waals surface area contributed by atoms with Crippen LogP contribution in [0.1, 0.15) is 44.4 Å². The van der Waals surface area contributed by atoms with Crippen molar-refractivity contribution >= 4 is 15.8 Å². The van der Waals surface area contributed by atoms with Gasteiger partial charge < -0.3 is 10.2 Å². The molecule has 1 unspecified atom stereocenters. The molecule has 0 aliphatic heterocycles. The van der Waals surface area contributed by atoms with Crippen molar-refractivity contribution in [3.63, 3.8) is 0 Å². The third kappa shape index (κ3) is 6.06. The molecule has 0 saturated carbocycles. The Balaban J connectivity index is 2.11. The highest BCUT2D eigenvalue weighted by Gasteiger charge is 2.22. The van der Waals surface area contributed by atoms with E-state index in [0.717, 1.165) is 11.3 Å². The number of hydrogen-bond donors (Lipinski definition) is 1. The number of aryl methyl sites for hydroxylation is 1. The van der Waals surface area contributed by atoms with Crippen LogP contribution in [0, 0.1) is 0 Å². The van der Waals surface area contributed by atoms with Gasteiger partial charge >= 0.3 is 0 Å². The molecular weight excluding hydrogens is 386 g/mol. The van der Waals surface area contributed by atoms with Crippen molar-refractivity contribution in [2.24, 2.45) is 12.0 Å². The van der Waals surface area contributed by atoms with Gasteiger partial charge in [-0.1, -0.05) is 39.0 Å². The first-order chi connectivity index (χ1) is 13.7. The van der Waals surface area contributed by atoms with E-state index in [-0.39, 0.29) is 11.8 Å². The van der Waals surface area contributed by atoms with Gasteiger partial charge in [-0.25, -0.2) is 8.42 Å². The topological polar surface area (TPSA) is 79.6 Å². The van der Waals surface area contributed by atoms with Gasteiger partial charge in [-0.05, 0) is 24.5 Å². The fraction of sp³-hybridized carbons (Fsp3) is 0.524. The van der Waals surface area contributed by atoms with Gasteiger partial charge in [0.05, 0.1) is 16.3 Å². The second-order valence-electron chi connectivity index (χ2n) is 7.62. The lowest BCUT2D eigenvalue weighted by molar-refractivity contribution is 0.457. The van der Waals surface area contributed by atoms with E-state index in [1.807, 2.05) is 42.9 Å². The molecule has 29 heavy (non-hydrogen) atoms. The van der Waals surface area contributed by atoms with E-state index in [1.165, 1.54) is 0 Å². The average Bonchev–Trinajstić information content (AvgIpc) is 3.05. The number of nitrogens with zero attached hydrogens (tertiary/aromatic N) is 4. The second kappa shape index (κ2) is 9.91. The fourth-order valence-electron chi connectivity index (χ4n) is 3.27. The van der Waals surface area contributed by atoms with Gasteiger partial charge in [0.1, 0.15) is 0 Å². The van der Waals surface area contributed by atoms with Crippen LogP contribution in [0.4, 0.5) is 0 Å². The Morgan fingerprint density at radius 1 is 1.28 bits per heavy atom. The van der Waals surface area contributed by atoms with E-state index >= 15 is 0 Å². The molecule has 0 bridgehead atoms. The Kier molecular flexibility index (Phi) is 7.84. The molecule has 160 valence electrons. The third-order valence-electron chi connectivity index (χ3n) is 4.81. The van der Waals surface area contributed by atoms with Gasteiger partial charge in [-0.3, -0.25) is 9.67 Å². The summed E-state index contributed by atoms with van der Waals surface area (Å²) in [5, 5.41) is 7.88. The van der Waals surface area contributed by atoms with Gasteiger partial charge in [0, 0.05) is 45.5 Å². The number of benzene rings is 1. The molecule has 0 radical (unpaired) electrons. The number of guanidine groups is 1. The van der Waals surface area contributed by atoms with Crippen LogP contribution in [0.25, 0.3) is 0 Å². The molecule has 0 spiro atoms. The molecule has 0 amide bonds. The molecule has 0 aliphatic carbocycles. The van der Waals surface area contributed by atoms with Crippen molar-refractivity contribution in [3.8, 4) is 0 Å². The molecule has 1 aromatic carbocycles. The summed E-state index contributed by atoms with van der Waals surface area (Å²) < 4.78 is 27.3. The molecule has 0 saturated heterocycles. The smallest absolute Gasteiger partial charge is 0.193 e. The summed E-state index contributed by atoms with van der Waals surface area (Å²) in [7, 11) is 2.21. The molecule has 0 aliphatic rings. The molecule has 0 fully saturated rings. The maximum Gasteiger partial charge on any atom is 0.193 e. The van der Waals surface area contributed by atoms with Crippen LogP contribution in [0.3, 0.4) is 0 Å². The number of rotatable bonds is 8. The Labute approximate surface area is 174 Å². The SMILES string of the molecule is CCC(CS(=O)(=O)c1ccccc1)NC(=NC)N(C)Cc1cn(C)nc1C(C)C. The molecule has 7 nitrogen and oxygen atoms in total. The zero-order valence-corrected chi connectivity index (χ0v) is 19.1. The molecule has 2 aromatic rings. The van der Waals surface area contributed by atoms with E-state index in [1.54, 1.807) is 31.3 Å². The highest BCUT2D eigenvalue weighted by Crippen LogP contribution is 2.19. The number of sulfone groups is 1. The van der Waals surface area contributed by atoms with Crippen LogP contribution in [-0.2, 0) is 23.4 Å². The molecule has 1 aromatic heterocycles. The number of aliphatic imine (C=N–C) groups is 1. The molecule has 1 heterocycles. The normalized spacial score (nSPS) is 13.6. The lowest BCUT2D eigenvalue weighted by Crippen LogP contribution is -2.46. The average molecular weight is 420 g/mol. The summed E-state index contributed by atoms with van der Waals surface area (Å²) in [5.74, 6) is 1.01. The first-order valence-electron chi connectivity index (χ1n) is 9.92. The summed E-state index contributed by atoms with van der Waals surface area (Å²) in [6.45, 7) is 6.87. The largest absolute Gasteiger partial charge is 0.352 e. The highest BCUT2D eigenvalue weighted by atomic mass is 32.2. The maximum atomic E-state index is 12.8. The Hall–Kier alpha value is -2.35. The fourth-order valence-corrected chi connectivity index (χ4v) is 4.88. The lowest BCUT2D eigenvalue weighted by Gasteiger charge is -2.26. The highest BCUT2D eigenvalue weighted by molar-refractivity contribution is 7.91. The summed E-state index contributed by atoms with van der Waals surface area (Å²) in [6.07, 6.45) is 2.69. The molecular formula is C21H33N5O2S. The van der Waals surface area contributed by atoms with Gasteiger partial charge in [-0.2, -0.15) is 5.10 Å². The van der Waals surface area contributed by atoms with Gasteiger partial charge in [0.15, 0.2) is 15.8 Å². The van der Waals surface area contributed by atoms with E-state index in [2.05, 4.69) is 29.3 Å². The van der Waals surface area contributed by atoms with Crippen molar-refractivity contribution in [1.82, 2.24) is 20.0 Å². The van der Waals surface area contributed by atoms with Gasteiger partial charge in [0.25, 0.3) is 0 Å². The number of hydrogen-bond acceptors (Lipinski definition) is 4. The monoisotopic (exact) mass is 419 g/mol. The van der Waals surface area contributed by atoms with E-state index in [9.17, 15) is 8.42 Å². The summed E-state index contributed by atoms with van der Waals surface area (Å²) >= 11 is 0. The standard InChI is InChI=1S/C21H33N5O2S/c1-7-18(15-29(27,28)19-11-9-8-10-12-19)23-21(22-4)25(5)13-17-14-26(6)24-20(17)16(2)3/h8-12,14,16,18H,7,13,15H2,1-6H3,(H,22,23). The minimum atomic E-state index is -3.37. The van der Waals surface area contributed by atoms with Crippen LogP contribution in [0.5, 0.6) is 0 Å². The predicted octanol–water partition coefficient (Wildman–Crippen LogP) is 2.80. The third-order valence-corrected chi connectivity index (χ3v) is 6.65. The van der Waals surface area contributed by atoms with Gasteiger partial charge in [0.2, 0.25) is 0 Å². The quantitative estimate of drug-likeness (QED) is 0.526. The Morgan fingerprint density at radius 3 is 2.48 bits per heavy atom. The predicted molar refractivity (Wildman–Crippen MR) is 118 cm³/mol. The zero-order valence-electron chi connectivity index (χ0n) is 18.3. The van der Waals surface area contributed by atoms with Crippen molar-refractivity contribution in [2.45, 2.75) is 50.6 Å². The minimum absolute atomic E-state index is 0.0184. The van der Waals surface area contributed by atoms with Crippen molar-refractivity contribution in [3.05, 3.63) is 47.8 Å². The molecule has 2 rings (SSSR count). The number of aromatic nitrogens is 2. The molecule has 1 atom stereocenters. The minimum Gasteiger partial charge on any atom is -0.352 e. The van der Waals surface area contributed by atoms with Crippen molar-refractivity contribution < 1.29 is 8.42 Å². The Bertz CT molecular complexity index is 920. The van der Waals surface area contributed by atoms with Crippen LogP contribution < -0.4 is 5.32 Å². The van der Waals surface area contributed by atoms with Crippen molar-refractivity contribution in [1.29, 1.82) is 0 Å². The second-order valence-corrected chi connectivity index (χ2v) is 9.65. The van der Waals surface area contributed by atoms with Crippen LogP contribution in [-0.4, -0.2) is 54.9 Å². The number of nitrogens with one attached hydrogen (secondary N) is 1. The maximum absolute atomic E-state index is 12.8.